The van der Waals surface area contributed by atoms with Crippen LogP contribution in [0.3, 0.4) is 0 Å². The van der Waals surface area contributed by atoms with Gasteiger partial charge >= 0.3 is 0 Å². The summed E-state index contributed by atoms with van der Waals surface area (Å²) in [5.74, 6) is 0.566. The number of carbonyl (C=O) groups excluding carboxylic acids is 1. The van der Waals surface area contributed by atoms with E-state index in [2.05, 4.69) is 5.32 Å². The average molecular weight is 294 g/mol. The van der Waals surface area contributed by atoms with Crippen molar-refractivity contribution in [2.75, 3.05) is 20.3 Å². The lowest BCUT2D eigenvalue weighted by atomic mass is 10.1. The Balaban J connectivity index is 2.46. The van der Waals surface area contributed by atoms with Crippen molar-refractivity contribution in [2.24, 2.45) is 5.73 Å². The quantitative estimate of drug-likeness (QED) is 0.677. The van der Waals surface area contributed by atoms with Gasteiger partial charge in [0.2, 0.25) is 0 Å². The predicted octanol–water partition coefficient (Wildman–Crippen LogP) is 1.50. The molecule has 2 atom stereocenters. The van der Waals surface area contributed by atoms with Crippen LogP contribution in [-0.4, -0.2) is 38.3 Å². The van der Waals surface area contributed by atoms with Crippen LogP contribution in [0.25, 0.3) is 0 Å². The van der Waals surface area contributed by atoms with Gasteiger partial charge in [-0.3, -0.25) is 4.79 Å². The first-order valence-electron chi connectivity index (χ1n) is 7.30. The number of amides is 1. The number of hydrogen-bond acceptors (Lipinski definition) is 4. The number of nitrogens with one attached hydrogen (secondary N) is 1. The van der Waals surface area contributed by atoms with E-state index in [-0.39, 0.29) is 11.9 Å². The lowest BCUT2D eigenvalue weighted by Gasteiger charge is -2.15. The maximum absolute atomic E-state index is 11.9. The van der Waals surface area contributed by atoms with Crippen molar-refractivity contribution >= 4 is 5.91 Å². The van der Waals surface area contributed by atoms with Crippen LogP contribution in [-0.2, 0) is 16.0 Å². The number of carbonyl (C=O) groups is 1. The van der Waals surface area contributed by atoms with E-state index in [9.17, 15) is 4.79 Å². The Morgan fingerprint density at radius 2 is 2.14 bits per heavy atom. The summed E-state index contributed by atoms with van der Waals surface area (Å²) in [5, 5.41) is 2.82. The molecule has 5 heteroatoms. The lowest BCUT2D eigenvalue weighted by Crippen LogP contribution is -2.37. The van der Waals surface area contributed by atoms with Crippen LogP contribution >= 0.6 is 0 Å². The molecule has 1 rings (SSSR count). The third-order valence-corrected chi connectivity index (χ3v) is 2.96. The second-order valence-electron chi connectivity index (χ2n) is 5.23. The number of ether oxygens (including phenoxy) is 2. The van der Waals surface area contributed by atoms with Gasteiger partial charge in [0.1, 0.15) is 5.75 Å². The van der Waals surface area contributed by atoms with Crippen LogP contribution in [0.2, 0.25) is 0 Å². The Hall–Kier alpha value is -1.59. The summed E-state index contributed by atoms with van der Waals surface area (Å²) < 4.78 is 10.6. The highest BCUT2D eigenvalue weighted by molar-refractivity contribution is 5.80. The second-order valence-corrected chi connectivity index (χ2v) is 5.23. The lowest BCUT2D eigenvalue weighted by molar-refractivity contribution is -0.127. The summed E-state index contributed by atoms with van der Waals surface area (Å²) in [6.07, 6.45) is 1.05. The van der Waals surface area contributed by atoms with Crippen LogP contribution in [0.4, 0.5) is 0 Å². The van der Waals surface area contributed by atoms with E-state index in [1.165, 1.54) is 0 Å². The number of methoxy groups -OCH3 is 1. The molecule has 3 N–H and O–H groups in total. The molecule has 1 aromatic rings. The summed E-state index contributed by atoms with van der Waals surface area (Å²) in [6, 6.07) is 7.79. The van der Waals surface area contributed by atoms with Gasteiger partial charge in [0, 0.05) is 26.3 Å². The van der Waals surface area contributed by atoms with Gasteiger partial charge in [-0.25, -0.2) is 0 Å². The van der Waals surface area contributed by atoms with E-state index >= 15 is 0 Å². The maximum Gasteiger partial charge on any atom is 0.260 e. The Morgan fingerprint density at radius 3 is 2.81 bits per heavy atom. The molecule has 0 radical (unpaired) electrons. The maximum atomic E-state index is 11.9. The summed E-state index contributed by atoms with van der Waals surface area (Å²) >= 11 is 0. The minimum Gasteiger partial charge on any atom is -0.481 e. The molecule has 0 saturated heterocycles. The fourth-order valence-electron chi connectivity index (χ4n) is 1.95. The predicted molar refractivity (Wildman–Crippen MR) is 83.4 cm³/mol. The minimum absolute atomic E-state index is 0.0988. The molecule has 0 aliphatic carbocycles. The molecule has 2 unspecified atom stereocenters. The normalized spacial score (nSPS) is 13.5. The van der Waals surface area contributed by atoms with Gasteiger partial charge in [-0.15, -0.1) is 0 Å². The first-order chi connectivity index (χ1) is 10.0. The zero-order valence-electron chi connectivity index (χ0n) is 13.1. The standard InChI is InChI=1S/C16H26N2O3/c1-12(17)10-14-6-4-7-15(11-14)21-13(2)16(19)18-8-5-9-20-3/h4,6-7,11-13H,5,8-10,17H2,1-3H3,(H,18,19). The van der Waals surface area contributed by atoms with Crippen LogP contribution in [0.1, 0.15) is 25.8 Å². The first kappa shape index (κ1) is 17.5. The van der Waals surface area contributed by atoms with E-state index in [0.29, 0.717) is 18.9 Å². The monoisotopic (exact) mass is 294 g/mol. The topological polar surface area (TPSA) is 73.6 Å². The minimum atomic E-state index is -0.530. The van der Waals surface area contributed by atoms with Crippen molar-refractivity contribution in [3.8, 4) is 5.75 Å². The molecular weight excluding hydrogens is 268 g/mol. The van der Waals surface area contributed by atoms with Gasteiger partial charge in [0.05, 0.1) is 0 Å². The number of nitrogens with two attached hydrogens (primary N) is 1. The summed E-state index contributed by atoms with van der Waals surface area (Å²) in [4.78, 5) is 11.9. The van der Waals surface area contributed by atoms with Gasteiger partial charge in [-0.05, 0) is 44.4 Å². The van der Waals surface area contributed by atoms with Gasteiger partial charge in [-0.1, -0.05) is 12.1 Å². The molecule has 0 aliphatic rings. The molecule has 0 spiro atoms. The largest absolute Gasteiger partial charge is 0.481 e. The van der Waals surface area contributed by atoms with Gasteiger partial charge < -0.3 is 20.5 Å². The molecule has 0 saturated carbocycles. The van der Waals surface area contributed by atoms with Gasteiger partial charge in [0.15, 0.2) is 6.10 Å². The number of rotatable bonds is 9. The van der Waals surface area contributed by atoms with Crippen molar-refractivity contribution in [1.29, 1.82) is 0 Å². The molecule has 0 bridgehead atoms. The molecular formula is C16H26N2O3. The van der Waals surface area contributed by atoms with Crippen molar-refractivity contribution in [2.45, 2.75) is 38.8 Å². The molecule has 0 fully saturated rings. The third-order valence-electron chi connectivity index (χ3n) is 2.96. The Labute approximate surface area is 126 Å². The van der Waals surface area contributed by atoms with E-state index in [1.807, 2.05) is 31.2 Å². The summed E-state index contributed by atoms with van der Waals surface area (Å²) in [7, 11) is 1.64. The van der Waals surface area contributed by atoms with Crippen LogP contribution in [0, 0.1) is 0 Å². The molecule has 118 valence electrons. The Morgan fingerprint density at radius 1 is 1.38 bits per heavy atom. The molecule has 0 heterocycles. The van der Waals surface area contributed by atoms with E-state index in [4.69, 9.17) is 15.2 Å². The van der Waals surface area contributed by atoms with Crippen molar-refractivity contribution in [3.63, 3.8) is 0 Å². The third kappa shape index (κ3) is 7.11. The fourth-order valence-corrected chi connectivity index (χ4v) is 1.95. The van der Waals surface area contributed by atoms with E-state index < -0.39 is 6.10 Å². The summed E-state index contributed by atoms with van der Waals surface area (Å²) in [6.45, 7) is 4.92. The molecule has 1 amide bonds. The first-order valence-corrected chi connectivity index (χ1v) is 7.30. The highest BCUT2D eigenvalue weighted by Crippen LogP contribution is 2.16. The fraction of sp³-hybridized carbons (Fsp3) is 0.562. The molecule has 0 aliphatic heterocycles. The highest BCUT2D eigenvalue weighted by atomic mass is 16.5. The molecule has 5 nitrogen and oxygen atoms in total. The zero-order chi connectivity index (χ0) is 15.7. The number of benzene rings is 1. The average Bonchev–Trinajstić information content (AvgIpc) is 2.43. The van der Waals surface area contributed by atoms with Crippen molar-refractivity contribution in [3.05, 3.63) is 29.8 Å². The molecule has 21 heavy (non-hydrogen) atoms. The smallest absolute Gasteiger partial charge is 0.260 e. The number of hydrogen-bond donors (Lipinski definition) is 2. The van der Waals surface area contributed by atoms with Gasteiger partial charge in [0.25, 0.3) is 5.91 Å². The molecule has 1 aromatic carbocycles. The Kier molecular flexibility index (Phi) is 7.79. The van der Waals surface area contributed by atoms with Crippen LogP contribution in [0.15, 0.2) is 24.3 Å². The van der Waals surface area contributed by atoms with Crippen molar-refractivity contribution < 1.29 is 14.3 Å². The van der Waals surface area contributed by atoms with E-state index in [0.717, 1.165) is 18.4 Å². The van der Waals surface area contributed by atoms with E-state index in [1.54, 1.807) is 14.0 Å². The van der Waals surface area contributed by atoms with Crippen LogP contribution in [0.5, 0.6) is 5.75 Å². The second kappa shape index (κ2) is 9.37. The zero-order valence-corrected chi connectivity index (χ0v) is 13.1. The van der Waals surface area contributed by atoms with Gasteiger partial charge in [-0.2, -0.15) is 0 Å². The SMILES string of the molecule is COCCCNC(=O)C(C)Oc1cccc(CC(C)N)c1. The Bertz CT molecular complexity index is 435. The molecule has 0 aromatic heterocycles. The summed E-state index contributed by atoms with van der Waals surface area (Å²) in [5.41, 5.74) is 6.89. The van der Waals surface area contributed by atoms with Crippen molar-refractivity contribution in [1.82, 2.24) is 5.32 Å². The highest BCUT2D eigenvalue weighted by Gasteiger charge is 2.14. The van der Waals surface area contributed by atoms with Crippen LogP contribution < -0.4 is 15.8 Å².